The van der Waals surface area contributed by atoms with Gasteiger partial charge in [-0.3, -0.25) is 29.3 Å². The van der Waals surface area contributed by atoms with Crippen molar-refractivity contribution in [3.05, 3.63) is 83.2 Å². The van der Waals surface area contributed by atoms with E-state index < -0.39 is 17.8 Å². The van der Waals surface area contributed by atoms with Gasteiger partial charge in [0, 0.05) is 45.6 Å². The average Bonchev–Trinajstić information content (AvgIpc) is 3.59. The predicted octanol–water partition coefficient (Wildman–Crippen LogP) is 3.00. The minimum Gasteiger partial charge on any atom is -0.483 e. The van der Waals surface area contributed by atoms with Crippen LogP contribution in [0.4, 0.5) is 13.2 Å². The fraction of sp³-hybridized carbons (Fsp3) is 0.346. The summed E-state index contributed by atoms with van der Waals surface area (Å²) in [6.45, 7) is 1.37. The lowest BCUT2D eigenvalue weighted by molar-refractivity contribution is -0.141. The van der Waals surface area contributed by atoms with Crippen LogP contribution in [0.5, 0.6) is 5.75 Å². The summed E-state index contributed by atoms with van der Waals surface area (Å²) >= 11 is 2.12. The summed E-state index contributed by atoms with van der Waals surface area (Å²) < 4.78 is 46.0. The van der Waals surface area contributed by atoms with Crippen molar-refractivity contribution >= 4 is 34.4 Å². The number of ether oxygens (including phenoxy) is 1. The van der Waals surface area contributed by atoms with Crippen LogP contribution in [0.2, 0.25) is 0 Å². The summed E-state index contributed by atoms with van der Waals surface area (Å²) in [4.78, 5) is 28.4. The highest BCUT2D eigenvalue weighted by atomic mass is 127. The number of carbonyl (C=O) groups excluding carboxylic acids is 2. The van der Waals surface area contributed by atoms with Gasteiger partial charge in [-0.15, -0.1) is 10.6 Å². The van der Waals surface area contributed by atoms with E-state index >= 15 is 0 Å². The van der Waals surface area contributed by atoms with Crippen molar-refractivity contribution in [3.8, 4) is 5.75 Å². The minimum atomic E-state index is -4.56. The Kier molecular flexibility index (Phi) is 10.6. The van der Waals surface area contributed by atoms with E-state index in [0.717, 1.165) is 30.0 Å². The fourth-order valence-corrected chi connectivity index (χ4v) is 4.36. The van der Waals surface area contributed by atoms with E-state index in [1.807, 2.05) is 29.3 Å². The third-order valence-corrected chi connectivity index (χ3v) is 6.41. The van der Waals surface area contributed by atoms with Gasteiger partial charge in [-0.1, -0.05) is 17.3 Å². The van der Waals surface area contributed by atoms with Gasteiger partial charge in [-0.05, 0) is 70.8 Å². The SMILES string of the molecule is CN1NN(CCCCn2cc(C(=O)NCc3ccnc(C(F)(F)F)c3)nn2)C=C1C(=O)NCc1cccc(OCI)c1. The van der Waals surface area contributed by atoms with Crippen LogP contribution in [-0.2, 0) is 30.6 Å². The maximum Gasteiger partial charge on any atom is 0.433 e. The Hall–Kier alpha value is -3.93. The van der Waals surface area contributed by atoms with Crippen molar-refractivity contribution in [1.29, 1.82) is 0 Å². The first-order chi connectivity index (χ1) is 20.1. The number of amides is 2. The summed E-state index contributed by atoms with van der Waals surface area (Å²) in [5, 5.41) is 16.7. The number of aromatic nitrogens is 4. The zero-order valence-electron chi connectivity index (χ0n) is 22.6. The van der Waals surface area contributed by atoms with Crippen LogP contribution in [0.3, 0.4) is 0 Å². The molecule has 224 valence electrons. The number of hydrogen-bond donors (Lipinski definition) is 3. The summed E-state index contributed by atoms with van der Waals surface area (Å²) in [6.07, 6.45) is 1.18. The quantitative estimate of drug-likeness (QED) is 0.140. The molecule has 0 bridgehead atoms. The smallest absolute Gasteiger partial charge is 0.433 e. The van der Waals surface area contributed by atoms with Crippen molar-refractivity contribution in [2.45, 2.75) is 38.7 Å². The maximum atomic E-state index is 12.8. The molecule has 0 aliphatic carbocycles. The second-order valence-corrected chi connectivity index (χ2v) is 9.88. The molecule has 2 amide bonds. The molecule has 0 radical (unpaired) electrons. The molecule has 1 aromatic carbocycles. The third kappa shape index (κ3) is 8.78. The Labute approximate surface area is 253 Å². The summed E-state index contributed by atoms with van der Waals surface area (Å²) in [5.41, 5.74) is 3.81. The topological polar surface area (TPSA) is 130 Å². The van der Waals surface area contributed by atoms with E-state index in [0.29, 0.717) is 36.4 Å². The van der Waals surface area contributed by atoms with Crippen LogP contribution in [0.15, 0.2) is 60.7 Å². The number of likely N-dealkylation sites (N-methyl/N-ethyl adjacent to an activating group) is 1. The summed E-state index contributed by atoms with van der Waals surface area (Å²) in [5.74, 6) is -0.0158. The van der Waals surface area contributed by atoms with E-state index in [1.54, 1.807) is 18.3 Å². The Morgan fingerprint density at radius 1 is 1.05 bits per heavy atom. The zero-order valence-corrected chi connectivity index (χ0v) is 24.7. The largest absolute Gasteiger partial charge is 0.483 e. The van der Waals surface area contributed by atoms with Crippen molar-refractivity contribution in [2.75, 3.05) is 18.2 Å². The first-order valence-corrected chi connectivity index (χ1v) is 14.4. The number of unbranched alkanes of at least 4 members (excludes halogenated alkanes) is 1. The van der Waals surface area contributed by atoms with Crippen molar-refractivity contribution in [1.82, 2.24) is 46.2 Å². The highest BCUT2D eigenvalue weighted by Crippen LogP contribution is 2.27. The maximum absolute atomic E-state index is 12.8. The lowest BCUT2D eigenvalue weighted by Crippen LogP contribution is -2.40. The number of carbonyl (C=O) groups is 2. The van der Waals surface area contributed by atoms with Crippen LogP contribution >= 0.6 is 22.6 Å². The van der Waals surface area contributed by atoms with E-state index in [-0.39, 0.29) is 23.7 Å². The highest BCUT2D eigenvalue weighted by molar-refractivity contribution is 14.1. The minimum absolute atomic E-state index is 0.0609. The van der Waals surface area contributed by atoms with E-state index in [2.05, 4.69) is 54.1 Å². The molecule has 42 heavy (non-hydrogen) atoms. The lowest BCUT2D eigenvalue weighted by atomic mass is 10.2. The number of nitrogens with one attached hydrogen (secondary N) is 3. The van der Waals surface area contributed by atoms with Gasteiger partial charge in [0.05, 0.1) is 6.20 Å². The number of nitrogens with zero attached hydrogens (tertiary/aromatic N) is 6. The van der Waals surface area contributed by atoms with Crippen LogP contribution in [-0.4, -0.2) is 60.0 Å². The number of benzene rings is 1. The van der Waals surface area contributed by atoms with E-state index in [9.17, 15) is 22.8 Å². The van der Waals surface area contributed by atoms with Crippen molar-refractivity contribution < 1.29 is 27.5 Å². The third-order valence-electron chi connectivity index (χ3n) is 6.10. The fourth-order valence-electron chi connectivity index (χ4n) is 4.00. The second kappa shape index (κ2) is 14.3. The van der Waals surface area contributed by atoms with Crippen LogP contribution < -0.4 is 20.9 Å². The molecule has 0 unspecified atom stereocenters. The standard InChI is InChI=1S/C26H29F3IN9O3/c1-37-22(25(41)33-13-18-5-4-6-20(11-18)42-17-30)16-39(36-37)10-3-2-9-38-15-21(34-35-38)24(40)32-14-19-7-8-31-23(12-19)26(27,28)29/h4-8,11-12,15-16,36H,2-3,9-10,13-14,17H2,1H3,(H,32,40)(H,33,41). The number of hydrogen-bond acceptors (Lipinski definition) is 9. The van der Waals surface area contributed by atoms with Gasteiger partial charge in [0.1, 0.15) is 21.8 Å². The predicted molar refractivity (Wildman–Crippen MR) is 153 cm³/mol. The molecule has 2 aromatic heterocycles. The second-order valence-electron chi connectivity index (χ2n) is 9.25. The Bertz CT molecular complexity index is 1420. The molecule has 16 heteroatoms. The lowest BCUT2D eigenvalue weighted by Gasteiger charge is -2.20. The summed E-state index contributed by atoms with van der Waals surface area (Å²) in [7, 11) is 1.76. The molecule has 0 atom stereocenters. The first kappa shape index (κ1) is 31.0. The number of rotatable bonds is 13. The molecular weight excluding hydrogens is 670 g/mol. The highest BCUT2D eigenvalue weighted by Gasteiger charge is 2.32. The molecule has 3 aromatic rings. The van der Waals surface area contributed by atoms with E-state index in [4.69, 9.17) is 4.74 Å². The number of hydrazine groups is 2. The van der Waals surface area contributed by atoms with Gasteiger partial charge in [0.25, 0.3) is 11.8 Å². The monoisotopic (exact) mass is 699 g/mol. The number of aryl methyl sites for hydroxylation is 1. The van der Waals surface area contributed by atoms with Gasteiger partial charge in [0.2, 0.25) is 0 Å². The van der Waals surface area contributed by atoms with Crippen molar-refractivity contribution in [2.24, 2.45) is 0 Å². The molecule has 1 aliphatic heterocycles. The van der Waals surface area contributed by atoms with Gasteiger partial charge in [0.15, 0.2) is 5.69 Å². The molecule has 0 fully saturated rings. The van der Waals surface area contributed by atoms with E-state index in [1.165, 1.54) is 16.9 Å². The Morgan fingerprint density at radius 3 is 2.55 bits per heavy atom. The molecular formula is C26H29F3IN9O3. The van der Waals surface area contributed by atoms with Gasteiger partial charge in [-0.25, -0.2) is 0 Å². The molecule has 1 aliphatic rings. The molecule has 0 spiro atoms. The molecule has 4 rings (SSSR count). The number of pyridine rings is 1. The Morgan fingerprint density at radius 2 is 1.79 bits per heavy atom. The van der Waals surface area contributed by atoms with Crippen molar-refractivity contribution in [3.63, 3.8) is 0 Å². The normalized spacial score (nSPS) is 13.2. The zero-order chi connectivity index (χ0) is 30.1. The summed E-state index contributed by atoms with van der Waals surface area (Å²) in [6, 6.07) is 9.83. The molecule has 3 N–H and O–H groups in total. The number of halogens is 4. The molecule has 0 saturated carbocycles. The first-order valence-electron chi connectivity index (χ1n) is 12.9. The van der Waals surface area contributed by atoms with Gasteiger partial charge in [-0.2, -0.15) is 13.2 Å². The molecule has 3 heterocycles. The Balaban J connectivity index is 1.18. The molecule has 12 nitrogen and oxygen atoms in total. The average molecular weight is 699 g/mol. The van der Waals surface area contributed by atoms with Gasteiger partial charge < -0.3 is 15.4 Å². The van der Waals surface area contributed by atoms with Crippen LogP contribution in [0.25, 0.3) is 0 Å². The van der Waals surface area contributed by atoms with Crippen LogP contribution in [0, 0.1) is 0 Å². The number of alkyl halides is 4. The molecule has 0 saturated heterocycles. The van der Waals surface area contributed by atoms with Gasteiger partial charge >= 0.3 is 6.18 Å². The van der Waals surface area contributed by atoms with Crippen LogP contribution in [0.1, 0.15) is 40.2 Å².